The summed E-state index contributed by atoms with van der Waals surface area (Å²) >= 11 is 0.705. The van der Waals surface area contributed by atoms with E-state index in [1.807, 2.05) is 0 Å². The number of aliphatic hydroxyl groups is 2. The van der Waals surface area contributed by atoms with Gasteiger partial charge >= 0.3 is 5.69 Å². The minimum absolute atomic E-state index is 0.0970. The topological polar surface area (TPSA) is 83.6 Å². The fourth-order valence-corrected chi connectivity index (χ4v) is 2.05. The van der Waals surface area contributed by atoms with Crippen LogP contribution in [0.2, 0.25) is 0 Å². The first-order valence-electron chi connectivity index (χ1n) is 4.51. The molecule has 1 rings (SSSR count). The van der Waals surface area contributed by atoms with Gasteiger partial charge in [0.15, 0.2) is 0 Å². The normalized spacial score (nSPS) is 12.5. The Balaban J connectivity index is 3.00. The molecule has 1 atom stereocenters. The zero-order valence-corrected chi connectivity index (χ0v) is 9.29. The summed E-state index contributed by atoms with van der Waals surface area (Å²) in [6, 6.07) is 1.24. The number of hydrogen-bond acceptors (Lipinski definition) is 5. The fourth-order valence-electron chi connectivity index (χ4n) is 1.07. The minimum atomic E-state index is -1.27. The summed E-state index contributed by atoms with van der Waals surface area (Å²) in [4.78, 5) is 9.41. The van der Waals surface area contributed by atoms with Crippen molar-refractivity contribution in [1.29, 1.82) is 0 Å². The Hall–Kier alpha value is -1.25. The molecule has 2 N–H and O–H groups in total. The highest BCUT2D eigenvalue weighted by Crippen LogP contribution is 2.32. The highest BCUT2D eigenvalue weighted by atomic mass is 32.2. The molecular formula is C9H9F2NO4S. The van der Waals surface area contributed by atoms with E-state index in [-0.39, 0.29) is 10.6 Å². The zero-order chi connectivity index (χ0) is 13.0. The van der Waals surface area contributed by atoms with Crippen LogP contribution in [0.5, 0.6) is 0 Å². The standard InChI is InChI=1S/C9H9F2NO4S/c10-5-1-7(11)9(12(15)16)8(2-5)17-4-6(14)3-13/h1-2,6,13-14H,3-4H2. The Bertz CT molecular complexity index is 430. The van der Waals surface area contributed by atoms with Gasteiger partial charge in [0.2, 0.25) is 5.82 Å². The average molecular weight is 265 g/mol. The summed E-state index contributed by atoms with van der Waals surface area (Å²) in [6.07, 6.45) is -1.11. The minimum Gasteiger partial charge on any atom is -0.394 e. The predicted octanol–water partition coefficient (Wildman–Crippen LogP) is 1.32. The van der Waals surface area contributed by atoms with Gasteiger partial charge in [-0.2, -0.15) is 4.39 Å². The van der Waals surface area contributed by atoms with Gasteiger partial charge in [0.25, 0.3) is 0 Å². The molecule has 1 aromatic rings. The van der Waals surface area contributed by atoms with Crippen LogP contribution in [0.3, 0.4) is 0 Å². The van der Waals surface area contributed by atoms with Gasteiger partial charge in [-0.15, -0.1) is 11.8 Å². The van der Waals surface area contributed by atoms with Crippen molar-refractivity contribution in [3.05, 3.63) is 33.9 Å². The van der Waals surface area contributed by atoms with E-state index in [1.54, 1.807) is 0 Å². The predicted molar refractivity (Wildman–Crippen MR) is 56.8 cm³/mol. The Labute approximate surface area is 99.2 Å². The molecule has 0 heterocycles. The van der Waals surface area contributed by atoms with E-state index < -0.39 is 35.0 Å². The van der Waals surface area contributed by atoms with Crippen molar-refractivity contribution < 1.29 is 23.9 Å². The van der Waals surface area contributed by atoms with Crippen LogP contribution >= 0.6 is 11.8 Å². The van der Waals surface area contributed by atoms with Gasteiger partial charge in [0, 0.05) is 11.8 Å². The maximum Gasteiger partial charge on any atom is 0.318 e. The molecule has 0 aliphatic carbocycles. The van der Waals surface area contributed by atoms with Crippen LogP contribution in [-0.2, 0) is 0 Å². The molecule has 8 heteroatoms. The summed E-state index contributed by atoms with van der Waals surface area (Å²) in [5.74, 6) is -2.30. The molecule has 0 saturated carbocycles. The first kappa shape index (κ1) is 13.8. The van der Waals surface area contributed by atoms with Crippen LogP contribution < -0.4 is 0 Å². The summed E-state index contributed by atoms with van der Waals surface area (Å²) < 4.78 is 26.1. The van der Waals surface area contributed by atoms with E-state index >= 15 is 0 Å². The van der Waals surface area contributed by atoms with Crippen molar-refractivity contribution in [3.63, 3.8) is 0 Å². The van der Waals surface area contributed by atoms with Crippen molar-refractivity contribution in [2.24, 2.45) is 0 Å². The van der Waals surface area contributed by atoms with Crippen LogP contribution in [0.25, 0.3) is 0 Å². The molecular weight excluding hydrogens is 256 g/mol. The highest BCUT2D eigenvalue weighted by Gasteiger charge is 2.22. The monoisotopic (exact) mass is 265 g/mol. The maximum atomic E-state index is 13.2. The van der Waals surface area contributed by atoms with E-state index in [2.05, 4.69) is 0 Å². The van der Waals surface area contributed by atoms with Crippen molar-refractivity contribution in [2.45, 2.75) is 11.0 Å². The molecule has 1 unspecified atom stereocenters. The summed E-state index contributed by atoms with van der Waals surface area (Å²) in [5.41, 5.74) is -0.832. The van der Waals surface area contributed by atoms with Crippen LogP contribution in [0, 0.1) is 21.7 Å². The Morgan fingerprint density at radius 2 is 2.12 bits per heavy atom. The number of thioether (sulfide) groups is 1. The molecule has 0 radical (unpaired) electrons. The molecule has 0 saturated heterocycles. The van der Waals surface area contributed by atoms with Crippen LogP contribution in [0.15, 0.2) is 17.0 Å². The van der Waals surface area contributed by atoms with Crippen molar-refractivity contribution in [1.82, 2.24) is 0 Å². The van der Waals surface area contributed by atoms with Crippen LogP contribution in [0.1, 0.15) is 0 Å². The number of benzene rings is 1. The van der Waals surface area contributed by atoms with E-state index in [4.69, 9.17) is 10.2 Å². The average Bonchev–Trinajstić information content (AvgIpc) is 2.24. The summed E-state index contributed by atoms with van der Waals surface area (Å²) in [5, 5.41) is 28.2. The molecule has 1 aromatic carbocycles. The maximum absolute atomic E-state index is 13.2. The SMILES string of the molecule is O=[N+]([O-])c1c(F)cc(F)cc1SCC(O)CO. The molecule has 0 aliphatic heterocycles. The van der Waals surface area contributed by atoms with Gasteiger partial charge in [-0.25, -0.2) is 4.39 Å². The van der Waals surface area contributed by atoms with Crippen LogP contribution in [0.4, 0.5) is 14.5 Å². The number of halogens is 2. The molecule has 0 bridgehead atoms. The number of nitrogens with zero attached hydrogens (tertiary/aromatic N) is 1. The number of nitro groups is 1. The number of rotatable bonds is 5. The number of nitro benzene ring substituents is 1. The molecule has 94 valence electrons. The second-order valence-electron chi connectivity index (χ2n) is 3.14. The third-order valence-electron chi connectivity index (χ3n) is 1.82. The third kappa shape index (κ3) is 3.62. The second kappa shape index (κ2) is 5.89. The lowest BCUT2D eigenvalue weighted by Crippen LogP contribution is -2.14. The molecule has 0 spiro atoms. The van der Waals surface area contributed by atoms with E-state index in [9.17, 15) is 18.9 Å². The van der Waals surface area contributed by atoms with Crippen molar-refractivity contribution in [3.8, 4) is 0 Å². The van der Waals surface area contributed by atoms with Crippen molar-refractivity contribution in [2.75, 3.05) is 12.4 Å². The van der Waals surface area contributed by atoms with E-state index in [0.717, 1.165) is 6.07 Å². The Morgan fingerprint density at radius 1 is 1.47 bits per heavy atom. The zero-order valence-electron chi connectivity index (χ0n) is 8.47. The lowest BCUT2D eigenvalue weighted by atomic mass is 10.3. The third-order valence-corrected chi connectivity index (χ3v) is 2.99. The quantitative estimate of drug-likeness (QED) is 0.476. The smallest absolute Gasteiger partial charge is 0.318 e. The van der Waals surface area contributed by atoms with E-state index in [0.29, 0.717) is 17.8 Å². The van der Waals surface area contributed by atoms with Gasteiger partial charge in [-0.05, 0) is 6.07 Å². The molecule has 0 amide bonds. The first-order chi connectivity index (χ1) is 7.95. The largest absolute Gasteiger partial charge is 0.394 e. The van der Waals surface area contributed by atoms with Crippen LogP contribution in [-0.4, -0.2) is 33.6 Å². The fraction of sp³-hybridized carbons (Fsp3) is 0.333. The highest BCUT2D eigenvalue weighted by molar-refractivity contribution is 7.99. The molecule has 0 fully saturated rings. The van der Waals surface area contributed by atoms with E-state index in [1.165, 1.54) is 0 Å². The van der Waals surface area contributed by atoms with Gasteiger partial charge in [0.1, 0.15) is 5.82 Å². The van der Waals surface area contributed by atoms with Gasteiger partial charge < -0.3 is 10.2 Å². The second-order valence-corrected chi connectivity index (χ2v) is 4.20. The molecule has 0 aromatic heterocycles. The molecule has 5 nitrogen and oxygen atoms in total. The lowest BCUT2D eigenvalue weighted by Gasteiger charge is -2.07. The number of hydrogen-bond donors (Lipinski definition) is 2. The summed E-state index contributed by atoms with van der Waals surface area (Å²) in [6.45, 7) is -0.529. The molecule has 17 heavy (non-hydrogen) atoms. The Kier molecular flexibility index (Phi) is 4.79. The number of aliphatic hydroxyl groups excluding tert-OH is 2. The van der Waals surface area contributed by atoms with Gasteiger partial charge in [-0.1, -0.05) is 0 Å². The lowest BCUT2D eigenvalue weighted by molar-refractivity contribution is -0.390. The van der Waals surface area contributed by atoms with Gasteiger partial charge in [-0.3, -0.25) is 10.1 Å². The van der Waals surface area contributed by atoms with Crippen molar-refractivity contribution >= 4 is 17.4 Å². The summed E-state index contributed by atoms with van der Waals surface area (Å²) in [7, 11) is 0. The Morgan fingerprint density at radius 3 is 2.65 bits per heavy atom. The molecule has 0 aliphatic rings. The first-order valence-corrected chi connectivity index (χ1v) is 5.49. The van der Waals surface area contributed by atoms with Gasteiger partial charge in [0.05, 0.1) is 22.5 Å².